The van der Waals surface area contributed by atoms with E-state index in [-0.39, 0.29) is 0 Å². The fourth-order valence-corrected chi connectivity index (χ4v) is 2.99. The summed E-state index contributed by atoms with van der Waals surface area (Å²) in [6.45, 7) is 0. The number of nitriles is 1. The van der Waals surface area contributed by atoms with Crippen molar-refractivity contribution >= 4 is 44.0 Å². The molecule has 0 radical (unpaired) electrons. The molecule has 0 aliphatic carbocycles. The first-order chi connectivity index (χ1) is 6.22. The molecule has 0 unspecified atom stereocenters. The summed E-state index contributed by atoms with van der Waals surface area (Å²) in [6, 6.07) is 7.36. The highest BCUT2D eigenvalue weighted by atomic mass is 127. The van der Waals surface area contributed by atoms with Crippen molar-refractivity contribution in [2.24, 2.45) is 0 Å². The van der Waals surface area contributed by atoms with E-state index in [4.69, 9.17) is 5.26 Å². The van der Waals surface area contributed by atoms with Crippen molar-refractivity contribution in [1.82, 2.24) is 0 Å². The molecule has 2 rings (SSSR count). The molecule has 0 aliphatic heterocycles. The smallest absolute Gasteiger partial charge is 0.147 e. The Morgan fingerprint density at radius 3 is 2.92 bits per heavy atom. The van der Waals surface area contributed by atoms with E-state index in [1.165, 1.54) is 11.3 Å². The van der Waals surface area contributed by atoms with Crippen LogP contribution in [0.3, 0.4) is 0 Å². The number of benzene rings is 1. The molecule has 64 valence electrons. The third-order valence-corrected chi connectivity index (χ3v) is 3.85. The third kappa shape index (κ3) is 1.38. The summed E-state index contributed by atoms with van der Waals surface area (Å²) < 4.78 is 1.82. The topological polar surface area (TPSA) is 44.0 Å². The lowest BCUT2D eigenvalue weighted by Crippen LogP contribution is -1.70. The van der Waals surface area contributed by atoms with Crippen LogP contribution in [0.5, 0.6) is 5.75 Å². The van der Waals surface area contributed by atoms with Crippen LogP contribution in [0.1, 0.15) is 5.56 Å². The molecule has 0 aliphatic rings. The molecule has 0 bridgehead atoms. The first-order valence-electron chi connectivity index (χ1n) is 3.53. The quantitative estimate of drug-likeness (QED) is 0.760. The molecule has 0 saturated heterocycles. The maximum atomic E-state index is 9.58. The molecule has 0 spiro atoms. The molecule has 1 heterocycles. The lowest BCUT2D eigenvalue weighted by molar-refractivity contribution is 0.480. The lowest BCUT2D eigenvalue weighted by atomic mass is 10.2. The van der Waals surface area contributed by atoms with Gasteiger partial charge in [-0.3, -0.25) is 0 Å². The summed E-state index contributed by atoms with van der Waals surface area (Å²) in [5.74, 6) is 0.324. The highest BCUT2D eigenvalue weighted by Gasteiger charge is 2.08. The molecule has 0 saturated carbocycles. The van der Waals surface area contributed by atoms with Crippen LogP contribution in [0, 0.1) is 14.2 Å². The minimum Gasteiger partial charge on any atom is -0.505 e. The minimum absolute atomic E-state index is 0.324. The molecule has 2 aromatic rings. The van der Waals surface area contributed by atoms with Gasteiger partial charge in [-0.05, 0) is 40.8 Å². The fourth-order valence-electron chi connectivity index (χ4n) is 1.12. The largest absolute Gasteiger partial charge is 0.505 e. The fraction of sp³-hybridized carbons (Fsp3) is 0. The van der Waals surface area contributed by atoms with Crippen molar-refractivity contribution in [3.63, 3.8) is 0 Å². The summed E-state index contributed by atoms with van der Waals surface area (Å²) in [7, 11) is 0. The Hall–Kier alpha value is -0.800. The summed E-state index contributed by atoms with van der Waals surface area (Å²) in [4.78, 5) is 0. The van der Waals surface area contributed by atoms with Gasteiger partial charge in [0.25, 0.3) is 0 Å². The standard InChI is InChI=1S/C9H4INOS/c10-9-8(12)6-2-1-5(4-11)3-7(6)13-9/h1-3,12H. The Balaban J connectivity index is 2.82. The lowest BCUT2D eigenvalue weighted by Gasteiger charge is -1.90. The molecule has 4 heteroatoms. The van der Waals surface area contributed by atoms with Crippen molar-refractivity contribution in [2.45, 2.75) is 0 Å². The highest BCUT2D eigenvalue weighted by molar-refractivity contribution is 14.1. The number of aromatic hydroxyl groups is 1. The minimum atomic E-state index is 0.324. The van der Waals surface area contributed by atoms with Crippen molar-refractivity contribution in [3.05, 3.63) is 26.6 Å². The van der Waals surface area contributed by atoms with E-state index in [1.807, 2.05) is 0 Å². The van der Waals surface area contributed by atoms with Crippen molar-refractivity contribution in [3.8, 4) is 11.8 Å². The molecule has 1 N–H and O–H groups in total. The number of hydrogen-bond donors (Lipinski definition) is 1. The number of fused-ring (bicyclic) bond motifs is 1. The maximum absolute atomic E-state index is 9.58. The summed E-state index contributed by atoms with van der Waals surface area (Å²) in [6.07, 6.45) is 0. The summed E-state index contributed by atoms with van der Waals surface area (Å²) in [5.41, 5.74) is 0.630. The van der Waals surface area contributed by atoms with Gasteiger partial charge in [-0.15, -0.1) is 11.3 Å². The van der Waals surface area contributed by atoms with Gasteiger partial charge in [0.15, 0.2) is 0 Å². The second-order valence-electron chi connectivity index (χ2n) is 2.55. The van der Waals surface area contributed by atoms with Crippen LogP contribution in [0.15, 0.2) is 18.2 Å². The van der Waals surface area contributed by atoms with E-state index in [0.29, 0.717) is 11.3 Å². The van der Waals surface area contributed by atoms with Gasteiger partial charge < -0.3 is 5.11 Å². The first kappa shape index (κ1) is 8.78. The van der Waals surface area contributed by atoms with Gasteiger partial charge in [0.1, 0.15) is 8.63 Å². The normalized spacial score (nSPS) is 10.2. The van der Waals surface area contributed by atoms with Gasteiger partial charge in [-0.1, -0.05) is 0 Å². The van der Waals surface area contributed by atoms with Crippen molar-refractivity contribution < 1.29 is 5.11 Å². The Morgan fingerprint density at radius 2 is 2.23 bits per heavy atom. The predicted molar refractivity (Wildman–Crippen MR) is 60.9 cm³/mol. The second kappa shape index (κ2) is 3.16. The molecule has 0 fully saturated rings. The van der Waals surface area contributed by atoms with E-state index in [2.05, 4.69) is 28.7 Å². The average Bonchev–Trinajstić information content (AvgIpc) is 2.42. The van der Waals surface area contributed by atoms with Crippen LogP contribution >= 0.6 is 33.9 Å². The summed E-state index contributed by atoms with van der Waals surface area (Å²) >= 11 is 3.58. The van der Waals surface area contributed by atoms with Gasteiger partial charge in [0.05, 0.1) is 11.6 Å². The zero-order chi connectivity index (χ0) is 9.42. The number of hydrogen-bond acceptors (Lipinski definition) is 3. The van der Waals surface area contributed by atoms with Crippen LogP contribution in [0.2, 0.25) is 0 Å². The number of thiophene rings is 1. The predicted octanol–water partition coefficient (Wildman–Crippen LogP) is 3.08. The molecule has 2 nitrogen and oxygen atoms in total. The van der Waals surface area contributed by atoms with Gasteiger partial charge >= 0.3 is 0 Å². The van der Waals surface area contributed by atoms with Gasteiger partial charge in [-0.2, -0.15) is 5.26 Å². The monoisotopic (exact) mass is 301 g/mol. The van der Waals surface area contributed by atoms with Crippen LogP contribution < -0.4 is 0 Å². The van der Waals surface area contributed by atoms with E-state index in [9.17, 15) is 5.11 Å². The molecule has 0 amide bonds. The molecule has 1 aromatic heterocycles. The van der Waals surface area contributed by atoms with Gasteiger partial charge in [-0.25, -0.2) is 0 Å². The molecule has 0 atom stereocenters. The average molecular weight is 301 g/mol. The number of rotatable bonds is 0. The maximum Gasteiger partial charge on any atom is 0.147 e. The van der Waals surface area contributed by atoms with Crippen molar-refractivity contribution in [2.75, 3.05) is 0 Å². The van der Waals surface area contributed by atoms with Crippen molar-refractivity contribution in [1.29, 1.82) is 5.26 Å². The zero-order valence-corrected chi connectivity index (χ0v) is 9.39. The Bertz CT molecular complexity index is 512. The Kier molecular flexibility index (Phi) is 2.14. The molecular weight excluding hydrogens is 297 g/mol. The van der Waals surface area contributed by atoms with E-state index < -0.39 is 0 Å². The van der Waals surface area contributed by atoms with E-state index >= 15 is 0 Å². The SMILES string of the molecule is N#Cc1ccc2c(O)c(I)sc2c1. The van der Waals surface area contributed by atoms with Gasteiger partial charge in [0.2, 0.25) is 0 Å². The highest BCUT2D eigenvalue weighted by Crippen LogP contribution is 2.37. The van der Waals surface area contributed by atoms with Crippen LogP contribution in [-0.2, 0) is 0 Å². The van der Waals surface area contributed by atoms with Gasteiger partial charge in [0, 0.05) is 10.1 Å². The Labute approximate surface area is 92.6 Å². The van der Waals surface area contributed by atoms with Crippen LogP contribution in [0.25, 0.3) is 10.1 Å². The van der Waals surface area contributed by atoms with Crippen LogP contribution in [-0.4, -0.2) is 5.11 Å². The van der Waals surface area contributed by atoms with Crippen LogP contribution in [0.4, 0.5) is 0 Å². The molecular formula is C9H4INOS. The number of halogens is 1. The molecule has 1 aromatic carbocycles. The summed E-state index contributed by atoms with van der Waals surface area (Å²) in [5, 5.41) is 19.1. The van der Waals surface area contributed by atoms with E-state index in [1.54, 1.807) is 18.2 Å². The zero-order valence-electron chi connectivity index (χ0n) is 6.41. The second-order valence-corrected chi connectivity index (χ2v) is 5.41. The Morgan fingerprint density at radius 1 is 1.46 bits per heavy atom. The molecule has 13 heavy (non-hydrogen) atoms. The number of nitrogens with zero attached hydrogens (tertiary/aromatic N) is 1. The third-order valence-electron chi connectivity index (χ3n) is 1.75. The first-order valence-corrected chi connectivity index (χ1v) is 5.43. The van der Waals surface area contributed by atoms with E-state index in [0.717, 1.165) is 13.0 Å².